The summed E-state index contributed by atoms with van der Waals surface area (Å²) in [6.07, 6.45) is 8.20. The van der Waals surface area contributed by atoms with Gasteiger partial charge in [-0.15, -0.1) is 0 Å². The molecule has 0 saturated heterocycles. The highest BCUT2D eigenvalue weighted by atomic mass is 32.2. The van der Waals surface area contributed by atoms with Crippen molar-refractivity contribution in [2.24, 2.45) is 0 Å². The van der Waals surface area contributed by atoms with E-state index >= 15 is 0 Å². The second kappa shape index (κ2) is 3.36. The van der Waals surface area contributed by atoms with Gasteiger partial charge < -0.3 is 0 Å². The molecule has 1 unspecified atom stereocenters. The molecular weight excluding hydrogens is 162 g/mol. The van der Waals surface area contributed by atoms with Crippen LogP contribution >= 0.6 is 0 Å². The summed E-state index contributed by atoms with van der Waals surface area (Å²) in [7, 11) is -3.03. The van der Waals surface area contributed by atoms with Crippen molar-refractivity contribution in [1.82, 2.24) is 4.72 Å². The third-order valence-electron chi connectivity index (χ3n) is 1.62. The number of hydrogen-bond acceptors (Lipinski definition) is 2. The Labute approximate surface area is 67.5 Å². The van der Waals surface area contributed by atoms with E-state index in [9.17, 15) is 8.42 Å². The van der Waals surface area contributed by atoms with Crippen LogP contribution in [-0.2, 0) is 10.0 Å². The molecule has 1 aliphatic rings. The molecule has 1 atom stereocenters. The lowest BCUT2D eigenvalue weighted by molar-refractivity contribution is 0.554. The second-order valence-corrected chi connectivity index (χ2v) is 4.64. The van der Waals surface area contributed by atoms with E-state index in [1.807, 2.05) is 12.2 Å². The minimum Gasteiger partial charge on any atom is -0.213 e. The van der Waals surface area contributed by atoms with Crippen molar-refractivity contribution < 1.29 is 8.42 Å². The minimum absolute atomic E-state index is 0.0266. The van der Waals surface area contributed by atoms with Crippen molar-refractivity contribution in [2.75, 3.05) is 6.26 Å². The highest BCUT2D eigenvalue weighted by Crippen LogP contribution is 2.10. The molecule has 3 nitrogen and oxygen atoms in total. The summed E-state index contributed by atoms with van der Waals surface area (Å²) in [5.74, 6) is 0. The number of allylic oxidation sites excluding steroid dienone is 1. The van der Waals surface area contributed by atoms with Gasteiger partial charge in [0.25, 0.3) is 0 Å². The van der Waals surface area contributed by atoms with E-state index in [0.29, 0.717) is 0 Å². The molecule has 11 heavy (non-hydrogen) atoms. The van der Waals surface area contributed by atoms with Crippen molar-refractivity contribution in [2.45, 2.75) is 25.3 Å². The van der Waals surface area contributed by atoms with Gasteiger partial charge in [0.2, 0.25) is 10.0 Å². The van der Waals surface area contributed by atoms with Crippen LogP contribution in [0.15, 0.2) is 12.2 Å². The smallest absolute Gasteiger partial charge is 0.209 e. The topological polar surface area (TPSA) is 46.2 Å². The van der Waals surface area contributed by atoms with Crippen LogP contribution in [0.1, 0.15) is 19.3 Å². The summed E-state index contributed by atoms with van der Waals surface area (Å²) < 4.78 is 24.1. The molecule has 1 rings (SSSR count). The van der Waals surface area contributed by atoms with Crippen LogP contribution in [0.3, 0.4) is 0 Å². The van der Waals surface area contributed by atoms with Crippen LogP contribution in [0.25, 0.3) is 0 Å². The lowest BCUT2D eigenvalue weighted by Gasteiger charge is -2.15. The summed E-state index contributed by atoms with van der Waals surface area (Å²) >= 11 is 0. The Morgan fingerprint density at radius 3 is 2.73 bits per heavy atom. The summed E-state index contributed by atoms with van der Waals surface area (Å²) in [5, 5.41) is 0. The average molecular weight is 175 g/mol. The van der Waals surface area contributed by atoms with Gasteiger partial charge in [-0.1, -0.05) is 12.2 Å². The molecule has 0 fully saturated rings. The number of hydrogen-bond donors (Lipinski definition) is 1. The van der Waals surface area contributed by atoms with E-state index < -0.39 is 10.0 Å². The van der Waals surface area contributed by atoms with E-state index in [4.69, 9.17) is 0 Å². The molecule has 1 aliphatic carbocycles. The highest BCUT2D eigenvalue weighted by Gasteiger charge is 2.11. The van der Waals surface area contributed by atoms with Gasteiger partial charge in [-0.2, -0.15) is 0 Å². The van der Waals surface area contributed by atoms with E-state index in [1.165, 1.54) is 6.26 Å². The Morgan fingerprint density at radius 2 is 2.27 bits per heavy atom. The van der Waals surface area contributed by atoms with Crippen LogP contribution in [-0.4, -0.2) is 20.7 Å². The lowest BCUT2D eigenvalue weighted by atomic mass is 10.0. The first-order valence-corrected chi connectivity index (χ1v) is 5.61. The fourth-order valence-corrected chi connectivity index (χ4v) is 1.93. The lowest BCUT2D eigenvalue weighted by Crippen LogP contribution is -2.33. The Morgan fingerprint density at radius 1 is 1.55 bits per heavy atom. The van der Waals surface area contributed by atoms with E-state index in [1.54, 1.807) is 0 Å². The summed E-state index contributed by atoms with van der Waals surface area (Å²) in [5.41, 5.74) is 0. The number of sulfonamides is 1. The van der Waals surface area contributed by atoms with E-state index in [-0.39, 0.29) is 6.04 Å². The van der Waals surface area contributed by atoms with Crippen LogP contribution in [0.2, 0.25) is 0 Å². The molecule has 0 heterocycles. The Hall–Kier alpha value is -0.350. The van der Waals surface area contributed by atoms with Crippen molar-refractivity contribution in [3.63, 3.8) is 0 Å². The van der Waals surface area contributed by atoms with Gasteiger partial charge >= 0.3 is 0 Å². The quantitative estimate of drug-likeness (QED) is 0.626. The third kappa shape index (κ3) is 3.53. The van der Waals surface area contributed by atoms with Crippen molar-refractivity contribution in [3.05, 3.63) is 12.2 Å². The van der Waals surface area contributed by atoms with Gasteiger partial charge in [-0.05, 0) is 19.3 Å². The molecule has 4 heteroatoms. The first-order valence-electron chi connectivity index (χ1n) is 3.72. The fourth-order valence-electron chi connectivity index (χ4n) is 1.19. The van der Waals surface area contributed by atoms with Gasteiger partial charge in [0, 0.05) is 6.04 Å². The molecule has 0 aromatic rings. The zero-order valence-electron chi connectivity index (χ0n) is 6.58. The molecule has 0 amide bonds. The van der Waals surface area contributed by atoms with Gasteiger partial charge in [0.15, 0.2) is 0 Å². The van der Waals surface area contributed by atoms with Crippen molar-refractivity contribution >= 4 is 10.0 Å². The first-order chi connectivity index (χ1) is 5.08. The van der Waals surface area contributed by atoms with Crippen LogP contribution in [0.4, 0.5) is 0 Å². The van der Waals surface area contributed by atoms with Gasteiger partial charge in [-0.25, -0.2) is 13.1 Å². The Kier molecular flexibility index (Phi) is 2.67. The van der Waals surface area contributed by atoms with Crippen molar-refractivity contribution in [1.29, 1.82) is 0 Å². The molecule has 64 valence electrons. The standard InChI is InChI=1S/C7H13NO2S/c1-11(9,10)8-7-5-3-2-4-6-7/h3,5,7-8H,2,4,6H2,1H3. The second-order valence-electron chi connectivity index (χ2n) is 2.86. The average Bonchev–Trinajstić information content (AvgIpc) is 1.85. The molecule has 0 bridgehead atoms. The van der Waals surface area contributed by atoms with Gasteiger partial charge in [0.05, 0.1) is 6.26 Å². The molecule has 0 aromatic heterocycles. The SMILES string of the molecule is CS(=O)(=O)NC1C=CCCC1. The molecule has 0 aromatic carbocycles. The molecule has 0 radical (unpaired) electrons. The third-order valence-corrected chi connectivity index (χ3v) is 2.35. The highest BCUT2D eigenvalue weighted by molar-refractivity contribution is 7.88. The maximum absolute atomic E-state index is 10.8. The van der Waals surface area contributed by atoms with Crippen LogP contribution < -0.4 is 4.72 Å². The molecule has 0 aliphatic heterocycles. The monoisotopic (exact) mass is 175 g/mol. The van der Waals surface area contributed by atoms with Crippen LogP contribution in [0.5, 0.6) is 0 Å². The number of rotatable bonds is 2. The Bertz CT molecular complexity index is 243. The molecule has 0 spiro atoms. The van der Waals surface area contributed by atoms with Gasteiger partial charge in [0.1, 0.15) is 0 Å². The summed E-state index contributed by atoms with van der Waals surface area (Å²) in [6.45, 7) is 0. The normalized spacial score (nSPS) is 25.4. The molecule has 1 N–H and O–H groups in total. The maximum atomic E-state index is 10.8. The Balaban J connectivity index is 2.49. The molecular formula is C7H13NO2S. The fraction of sp³-hybridized carbons (Fsp3) is 0.714. The van der Waals surface area contributed by atoms with E-state index in [0.717, 1.165) is 19.3 Å². The largest absolute Gasteiger partial charge is 0.213 e. The predicted molar refractivity (Wildman–Crippen MR) is 44.8 cm³/mol. The first kappa shape index (κ1) is 8.74. The zero-order chi connectivity index (χ0) is 8.32. The number of nitrogens with one attached hydrogen (secondary N) is 1. The molecule has 0 saturated carbocycles. The zero-order valence-corrected chi connectivity index (χ0v) is 7.39. The van der Waals surface area contributed by atoms with Gasteiger partial charge in [-0.3, -0.25) is 0 Å². The maximum Gasteiger partial charge on any atom is 0.209 e. The van der Waals surface area contributed by atoms with Crippen molar-refractivity contribution in [3.8, 4) is 0 Å². The minimum atomic E-state index is -3.03. The summed E-state index contributed by atoms with van der Waals surface area (Å²) in [6, 6.07) is 0.0266. The van der Waals surface area contributed by atoms with Crippen LogP contribution in [0, 0.1) is 0 Å². The summed E-state index contributed by atoms with van der Waals surface area (Å²) in [4.78, 5) is 0. The predicted octanol–water partition coefficient (Wildman–Crippen LogP) is 0.644. The van der Waals surface area contributed by atoms with E-state index in [2.05, 4.69) is 4.72 Å².